The molecule has 1 aliphatic heterocycles. The fourth-order valence-electron chi connectivity index (χ4n) is 2.00. The molecule has 1 aliphatic rings. The molecular formula is C12H20N2O6. The fourth-order valence-corrected chi connectivity index (χ4v) is 2.00. The summed E-state index contributed by atoms with van der Waals surface area (Å²) in [7, 11) is 0. The van der Waals surface area contributed by atoms with Gasteiger partial charge in [0.05, 0.1) is 6.10 Å². The summed E-state index contributed by atoms with van der Waals surface area (Å²) in [6, 6.07) is -1.81. The van der Waals surface area contributed by atoms with Gasteiger partial charge in [-0.25, -0.2) is 9.59 Å². The molecule has 0 bridgehead atoms. The number of urea groups is 1. The van der Waals surface area contributed by atoms with E-state index in [1.807, 2.05) is 6.92 Å². The second-order valence-electron chi connectivity index (χ2n) is 4.80. The number of carbonyl (C=O) groups is 3. The van der Waals surface area contributed by atoms with Crippen LogP contribution in [0.15, 0.2) is 0 Å². The largest absolute Gasteiger partial charge is 0.481 e. The quantitative estimate of drug-likeness (QED) is 0.523. The van der Waals surface area contributed by atoms with Gasteiger partial charge in [0, 0.05) is 25.5 Å². The molecule has 1 fully saturated rings. The number of hydrogen-bond donors (Lipinski definition) is 4. The minimum Gasteiger partial charge on any atom is -0.481 e. The molecule has 0 aromatic heterocycles. The molecule has 3 atom stereocenters. The number of rotatable bonds is 7. The molecule has 4 N–H and O–H groups in total. The van der Waals surface area contributed by atoms with E-state index in [9.17, 15) is 14.4 Å². The van der Waals surface area contributed by atoms with E-state index in [-0.39, 0.29) is 24.9 Å². The number of carboxylic acids is 2. The molecule has 0 aromatic carbocycles. The Kier molecular flexibility index (Phi) is 6.23. The van der Waals surface area contributed by atoms with Crippen molar-refractivity contribution >= 4 is 18.0 Å². The standard InChI is InChI=1S/C12H20N2O6/c1-7-8(4-5-20-7)6-13-12(19)14-9(11(17)18)2-3-10(15)16/h7-9H,2-6H2,1H3,(H,15,16)(H,17,18)(H2,13,14,19)/t7?,8?,9-/m0/s1. The monoisotopic (exact) mass is 288 g/mol. The number of ether oxygens (including phenoxy) is 1. The first-order valence-corrected chi connectivity index (χ1v) is 6.50. The normalized spacial score (nSPS) is 23.1. The minimum absolute atomic E-state index is 0.0672. The zero-order valence-electron chi connectivity index (χ0n) is 11.3. The molecule has 0 spiro atoms. The highest BCUT2D eigenvalue weighted by Gasteiger charge is 2.25. The van der Waals surface area contributed by atoms with Gasteiger partial charge < -0.3 is 25.6 Å². The van der Waals surface area contributed by atoms with Gasteiger partial charge in [-0.05, 0) is 19.8 Å². The number of nitrogens with one attached hydrogen (secondary N) is 2. The average molecular weight is 288 g/mol. The molecule has 0 saturated carbocycles. The van der Waals surface area contributed by atoms with Gasteiger partial charge in [-0.3, -0.25) is 4.79 Å². The van der Waals surface area contributed by atoms with Gasteiger partial charge in [-0.15, -0.1) is 0 Å². The van der Waals surface area contributed by atoms with Crippen LogP contribution >= 0.6 is 0 Å². The van der Waals surface area contributed by atoms with E-state index in [4.69, 9.17) is 14.9 Å². The van der Waals surface area contributed by atoms with Gasteiger partial charge in [0.25, 0.3) is 0 Å². The summed E-state index contributed by atoms with van der Waals surface area (Å²) in [5.74, 6) is -2.14. The first-order valence-electron chi connectivity index (χ1n) is 6.50. The molecule has 2 amide bonds. The molecule has 8 nitrogen and oxygen atoms in total. The second-order valence-corrected chi connectivity index (χ2v) is 4.80. The van der Waals surface area contributed by atoms with Crippen molar-refractivity contribution in [1.29, 1.82) is 0 Å². The van der Waals surface area contributed by atoms with Gasteiger partial charge in [0.2, 0.25) is 0 Å². The molecule has 2 unspecified atom stereocenters. The molecule has 1 saturated heterocycles. The van der Waals surface area contributed by atoms with Crippen LogP contribution in [0, 0.1) is 5.92 Å². The fraction of sp³-hybridized carbons (Fsp3) is 0.750. The van der Waals surface area contributed by atoms with Crippen molar-refractivity contribution in [2.24, 2.45) is 5.92 Å². The van der Waals surface area contributed by atoms with E-state index in [0.29, 0.717) is 13.2 Å². The number of aliphatic carboxylic acids is 2. The van der Waals surface area contributed by atoms with Crippen LogP contribution in [0.2, 0.25) is 0 Å². The van der Waals surface area contributed by atoms with Crippen molar-refractivity contribution in [2.45, 2.75) is 38.3 Å². The topological polar surface area (TPSA) is 125 Å². The van der Waals surface area contributed by atoms with Gasteiger partial charge in [0.15, 0.2) is 0 Å². The van der Waals surface area contributed by atoms with Crippen LogP contribution in [-0.2, 0) is 14.3 Å². The molecule has 1 rings (SSSR count). The summed E-state index contributed by atoms with van der Waals surface area (Å²) in [6.07, 6.45) is 0.451. The maximum Gasteiger partial charge on any atom is 0.326 e. The highest BCUT2D eigenvalue weighted by Crippen LogP contribution is 2.19. The Labute approximate surface area is 116 Å². The molecule has 1 heterocycles. The van der Waals surface area contributed by atoms with Crippen LogP contribution in [0.5, 0.6) is 0 Å². The van der Waals surface area contributed by atoms with Crippen LogP contribution in [0.1, 0.15) is 26.2 Å². The molecule has 8 heteroatoms. The van der Waals surface area contributed by atoms with Crippen molar-refractivity contribution in [3.63, 3.8) is 0 Å². The summed E-state index contributed by atoms with van der Waals surface area (Å²) in [4.78, 5) is 32.9. The van der Waals surface area contributed by atoms with Gasteiger partial charge >= 0.3 is 18.0 Å². The first kappa shape index (κ1) is 16.2. The highest BCUT2D eigenvalue weighted by atomic mass is 16.5. The predicted molar refractivity (Wildman–Crippen MR) is 68.3 cm³/mol. The molecule has 0 radical (unpaired) electrons. The van der Waals surface area contributed by atoms with Crippen LogP contribution in [0.4, 0.5) is 4.79 Å². The lowest BCUT2D eigenvalue weighted by atomic mass is 10.0. The highest BCUT2D eigenvalue weighted by molar-refractivity contribution is 5.82. The lowest BCUT2D eigenvalue weighted by Gasteiger charge is -2.17. The molecule has 20 heavy (non-hydrogen) atoms. The number of carbonyl (C=O) groups excluding carboxylic acids is 1. The summed E-state index contributed by atoms with van der Waals surface area (Å²) in [5.41, 5.74) is 0. The van der Waals surface area contributed by atoms with E-state index in [1.165, 1.54) is 0 Å². The zero-order chi connectivity index (χ0) is 15.1. The van der Waals surface area contributed by atoms with Crippen molar-refractivity contribution in [2.75, 3.05) is 13.2 Å². The third kappa shape index (κ3) is 5.43. The Hall–Kier alpha value is -1.83. The lowest BCUT2D eigenvalue weighted by Crippen LogP contribution is -2.47. The van der Waals surface area contributed by atoms with Crippen LogP contribution in [-0.4, -0.2) is 53.5 Å². The summed E-state index contributed by atoms with van der Waals surface area (Å²) < 4.78 is 5.35. The van der Waals surface area contributed by atoms with Crippen molar-refractivity contribution < 1.29 is 29.3 Å². The SMILES string of the molecule is CC1OCCC1CNC(=O)N[C@@H](CCC(=O)O)C(=O)O. The maximum absolute atomic E-state index is 11.6. The van der Waals surface area contributed by atoms with Crippen molar-refractivity contribution in [3.05, 3.63) is 0 Å². The maximum atomic E-state index is 11.6. The van der Waals surface area contributed by atoms with Crippen LogP contribution < -0.4 is 10.6 Å². The number of hydrogen-bond acceptors (Lipinski definition) is 4. The summed E-state index contributed by atoms with van der Waals surface area (Å²) >= 11 is 0. The van der Waals surface area contributed by atoms with E-state index in [2.05, 4.69) is 10.6 Å². The Bertz CT molecular complexity index is 373. The van der Waals surface area contributed by atoms with Crippen LogP contribution in [0.25, 0.3) is 0 Å². The third-order valence-corrected chi connectivity index (χ3v) is 3.31. The lowest BCUT2D eigenvalue weighted by molar-refractivity contribution is -0.140. The Morgan fingerprint density at radius 1 is 1.35 bits per heavy atom. The molecule has 0 aliphatic carbocycles. The Morgan fingerprint density at radius 3 is 2.55 bits per heavy atom. The van der Waals surface area contributed by atoms with E-state index < -0.39 is 24.0 Å². The third-order valence-electron chi connectivity index (χ3n) is 3.31. The Balaban J connectivity index is 2.33. The van der Waals surface area contributed by atoms with Gasteiger partial charge in [0.1, 0.15) is 6.04 Å². The van der Waals surface area contributed by atoms with Crippen molar-refractivity contribution in [3.8, 4) is 0 Å². The minimum atomic E-state index is -1.25. The number of carboxylic acid groups (broad SMARTS) is 2. The molecular weight excluding hydrogens is 268 g/mol. The first-order chi connectivity index (χ1) is 9.40. The molecule has 0 aromatic rings. The van der Waals surface area contributed by atoms with E-state index in [1.54, 1.807) is 0 Å². The van der Waals surface area contributed by atoms with E-state index in [0.717, 1.165) is 6.42 Å². The summed E-state index contributed by atoms with van der Waals surface area (Å²) in [5, 5.41) is 22.3. The second kappa shape index (κ2) is 7.68. The number of amides is 2. The van der Waals surface area contributed by atoms with Crippen molar-refractivity contribution in [1.82, 2.24) is 10.6 Å². The predicted octanol–water partition coefficient (Wildman–Crippen LogP) is 0.0286. The van der Waals surface area contributed by atoms with Crippen LogP contribution in [0.3, 0.4) is 0 Å². The Morgan fingerprint density at radius 2 is 2.05 bits per heavy atom. The average Bonchev–Trinajstić information content (AvgIpc) is 2.77. The summed E-state index contributed by atoms with van der Waals surface area (Å²) in [6.45, 7) is 2.98. The molecule has 114 valence electrons. The van der Waals surface area contributed by atoms with Gasteiger partial charge in [-0.1, -0.05) is 0 Å². The zero-order valence-corrected chi connectivity index (χ0v) is 11.3. The van der Waals surface area contributed by atoms with E-state index >= 15 is 0 Å². The smallest absolute Gasteiger partial charge is 0.326 e. The van der Waals surface area contributed by atoms with Gasteiger partial charge in [-0.2, -0.15) is 0 Å².